The van der Waals surface area contributed by atoms with Crippen LogP contribution in [0.4, 0.5) is 13.2 Å². The summed E-state index contributed by atoms with van der Waals surface area (Å²) in [4.78, 5) is 4.24. The van der Waals surface area contributed by atoms with Crippen molar-refractivity contribution in [3.63, 3.8) is 0 Å². The van der Waals surface area contributed by atoms with Crippen LogP contribution < -0.4 is 0 Å². The van der Waals surface area contributed by atoms with Crippen molar-refractivity contribution >= 4 is 11.3 Å². The molecule has 0 amide bonds. The van der Waals surface area contributed by atoms with Crippen LogP contribution in [0.2, 0.25) is 0 Å². The number of hydrogen-bond acceptors (Lipinski definition) is 2. The van der Waals surface area contributed by atoms with Crippen molar-refractivity contribution in [1.29, 1.82) is 0 Å². The summed E-state index contributed by atoms with van der Waals surface area (Å²) in [5.74, 6) is -3.82. The summed E-state index contributed by atoms with van der Waals surface area (Å²) >= 11 is 1.30. The number of thiazole rings is 1. The van der Waals surface area contributed by atoms with Gasteiger partial charge in [-0.05, 0) is 18.6 Å². The van der Waals surface area contributed by atoms with E-state index in [9.17, 15) is 13.2 Å². The lowest BCUT2D eigenvalue weighted by Crippen LogP contribution is -1.92. The molecule has 0 N–H and O–H groups in total. The highest BCUT2D eigenvalue weighted by atomic mass is 32.1. The quantitative estimate of drug-likeness (QED) is 0.752. The number of rotatable bonds is 3. The molecule has 17 heavy (non-hydrogen) atoms. The summed E-state index contributed by atoms with van der Waals surface area (Å²) in [5.41, 5.74) is 1.16. The molecule has 1 nitrogen and oxygen atoms in total. The average Bonchev–Trinajstić information content (AvgIpc) is 2.74. The lowest BCUT2D eigenvalue weighted by molar-refractivity contribution is 0.447. The van der Waals surface area contributed by atoms with Crippen LogP contribution in [-0.4, -0.2) is 4.98 Å². The molecule has 0 saturated carbocycles. The molecule has 0 atom stereocenters. The highest BCUT2D eigenvalue weighted by molar-refractivity contribution is 7.13. The standard InChI is InChI=1S/C12H10F3NS/c1-2-3-8-6-17-12(16-8)7-4-9(13)11(15)10(14)5-7/h4-6H,2-3H2,1H3. The summed E-state index contributed by atoms with van der Waals surface area (Å²) in [5, 5.41) is 2.35. The summed E-state index contributed by atoms with van der Waals surface area (Å²) in [7, 11) is 0. The zero-order chi connectivity index (χ0) is 12.4. The van der Waals surface area contributed by atoms with Gasteiger partial charge in [-0.15, -0.1) is 11.3 Å². The summed E-state index contributed by atoms with van der Waals surface area (Å²) < 4.78 is 38.9. The number of hydrogen-bond donors (Lipinski definition) is 0. The van der Waals surface area contributed by atoms with E-state index in [1.54, 1.807) is 0 Å². The molecule has 1 aromatic carbocycles. The second kappa shape index (κ2) is 4.87. The molecule has 0 radical (unpaired) electrons. The second-order valence-corrected chi connectivity index (χ2v) is 4.51. The van der Waals surface area contributed by atoms with Gasteiger partial charge in [-0.25, -0.2) is 18.2 Å². The van der Waals surface area contributed by atoms with Crippen molar-refractivity contribution in [2.75, 3.05) is 0 Å². The van der Waals surface area contributed by atoms with Crippen molar-refractivity contribution in [3.8, 4) is 10.6 Å². The zero-order valence-corrected chi connectivity index (χ0v) is 9.95. The van der Waals surface area contributed by atoms with Gasteiger partial charge >= 0.3 is 0 Å². The van der Waals surface area contributed by atoms with Gasteiger partial charge in [0, 0.05) is 10.9 Å². The number of benzene rings is 1. The van der Waals surface area contributed by atoms with Crippen molar-refractivity contribution in [2.45, 2.75) is 19.8 Å². The predicted molar refractivity (Wildman–Crippen MR) is 61.4 cm³/mol. The van der Waals surface area contributed by atoms with Crippen LogP contribution in [0.15, 0.2) is 17.5 Å². The summed E-state index contributed by atoms with van der Waals surface area (Å²) in [6.07, 6.45) is 1.78. The lowest BCUT2D eigenvalue weighted by Gasteiger charge is -1.99. The van der Waals surface area contributed by atoms with Gasteiger partial charge in [0.15, 0.2) is 17.5 Å². The largest absolute Gasteiger partial charge is 0.241 e. The fourth-order valence-electron chi connectivity index (χ4n) is 1.49. The monoisotopic (exact) mass is 257 g/mol. The summed E-state index contributed by atoms with van der Waals surface area (Å²) in [6.45, 7) is 2.02. The summed E-state index contributed by atoms with van der Waals surface area (Å²) in [6, 6.07) is 1.93. The van der Waals surface area contributed by atoms with E-state index in [0.717, 1.165) is 30.7 Å². The SMILES string of the molecule is CCCc1csc(-c2cc(F)c(F)c(F)c2)n1. The molecule has 90 valence electrons. The van der Waals surface area contributed by atoms with Crippen LogP contribution in [-0.2, 0) is 6.42 Å². The smallest absolute Gasteiger partial charge is 0.194 e. The van der Waals surface area contributed by atoms with Gasteiger partial charge in [0.1, 0.15) is 5.01 Å². The van der Waals surface area contributed by atoms with Gasteiger partial charge in [-0.2, -0.15) is 0 Å². The van der Waals surface area contributed by atoms with Crippen molar-refractivity contribution in [1.82, 2.24) is 4.98 Å². The predicted octanol–water partition coefficient (Wildman–Crippen LogP) is 4.18. The Morgan fingerprint density at radius 1 is 1.18 bits per heavy atom. The average molecular weight is 257 g/mol. The van der Waals surface area contributed by atoms with E-state index in [1.165, 1.54) is 11.3 Å². The molecular weight excluding hydrogens is 247 g/mol. The number of halogens is 3. The topological polar surface area (TPSA) is 12.9 Å². The fourth-order valence-corrected chi connectivity index (χ4v) is 2.33. The maximum atomic E-state index is 13.0. The Kier molecular flexibility index (Phi) is 3.47. The van der Waals surface area contributed by atoms with Crippen LogP contribution in [0.1, 0.15) is 19.0 Å². The molecule has 0 aliphatic carbocycles. The normalized spacial score (nSPS) is 10.8. The minimum atomic E-state index is -1.45. The highest BCUT2D eigenvalue weighted by Crippen LogP contribution is 2.27. The molecular formula is C12H10F3NS. The van der Waals surface area contributed by atoms with Crippen LogP contribution in [0.3, 0.4) is 0 Å². The maximum absolute atomic E-state index is 13.0. The van der Waals surface area contributed by atoms with Crippen LogP contribution in [0, 0.1) is 17.5 Å². The zero-order valence-electron chi connectivity index (χ0n) is 9.14. The fraction of sp³-hybridized carbons (Fsp3) is 0.250. The van der Waals surface area contributed by atoms with E-state index >= 15 is 0 Å². The van der Waals surface area contributed by atoms with Gasteiger partial charge in [0.25, 0.3) is 0 Å². The molecule has 2 rings (SSSR count). The molecule has 0 fully saturated rings. The molecule has 2 aromatic rings. The second-order valence-electron chi connectivity index (χ2n) is 3.65. The van der Waals surface area contributed by atoms with E-state index in [1.807, 2.05) is 12.3 Å². The number of nitrogens with zero attached hydrogens (tertiary/aromatic N) is 1. The molecule has 0 aliphatic rings. The van der Waals surface area contributed by atoms with Gasteiger partial charge in [-0.3, -0.25) is 0 Å². The molecule has 1 aromatic heterocycles. The first-order valence-electron chi connectivity index (χ1n) is 5.21. The Morgan fingerprint density at radius 3 is 2.41 bits per heavy atom. The third-order valence-corrected chi connectivity index (χ3v) is 3.23. The number of aryl methyl sites for hydroxylation is 1. The van der Waals surface area contributed by atoms with E-state index in [4.69, 9.17) is 0 Å². The molecule has 1 heterocycles. The molecule has 0 spiro atoms. The van der Waals surface area contributed by atoms with Crippen molar-refractivity contribution < 1.29 is 13.2 Å². The minimum Gasteiger partial charge on any atom is -0.241 e. The Balaban J connectivity index is 2.39. The molecule has 0 aliphatic heterocycles. The molecule has 0 bridgehead atoms. The number of aromatic nitrogens is 1. The van der Waals surface area contributed by atoms with Gasteiger partial charge < -0.3 is 0 Å². The van der Waals surface area contributed by atoms with Crippen LogP contribution >= 0.6 is 11.3 Å². The van der Waals surface area contributed by atoms with Crippen LogP contribution in [0.5, 0.6) is 0 Å². The Hall–Kier alpha value is -1.36. The van der Waals surface area contributed by atoms with Crippen molar-refractivity contribution in [3.05, 3.63) is 40.7 Å². The van der Waals surface area contributed by atoms with E-state index in [-0.39, 0.29) is 5.56 Å². The first kappa shape index (κ1) is 12.1. The Labute approximate surface area is 101 Å². The van der Waals surface area contributed by atoms with E-state index in [0.29, 0.717) is 5.01 Å². The third kappa shape index (κ3) is 2.49. The Bertz CT molecular complexity index is 513. The third-order valence-electron chi connectivity index (χ3n) is 2.29. The highest BCUT2D eigenvalue weighted by Gasteiger charge is 2.13. The Morgan fingerprint density at radius 2 is 1.82 bits per heavy atom. The minimum absolute atomic E-state index is 0.272. The van der Waals surface area contributed by atoms with Crippen LogP contribution in [0.25, 0.3) is 10.6 Å². The van der Waals surface area contributed by atoms with E-state index in [2.05, 4.69) is 4.98 Å². The molecule has 0 unspecified atom stereocenters. The van der Waals surface area contributed by atoms with Gasteiger partial charge in [0.05, 0.1) is 5.69 Å². The molecule has 0 saturated heterocycles. The van der Waals surface area contributed by atoms with Crippen molar-refractivity contribution in [2.24, 2.45) is 0 Å². The maximum Gasteiger partial charge on any atom is 0.194 e. The molecule has 5 heteroatoms. The lowest BCUT2D eigenvalue weighted by atomic mass is 10.2. The van der Waals surface area contributed by atoms with Gasteiger partial charge in [-0.1, -0.05) is 13.3 Å². The first-order valence-corrected chi connectivity index (χ1v) is 6.09. The first-order chi connectivity index (χ1) is 8.11. The van der Waals surface area contributed by atoms with Gasteiger partial charge in [0.2, 0.25) is 0 Å². The van der Waals surface area contributed by atoms with E-state index < -0.39 is 17.5 Å².